The number of hydrogen-bond donors (Lipinski definition) is 2. The highest BCUT2D eigenvalue weighted by molar-refractivity contribution is 5.36. The Balaban J connectivity index is 1.68. The number of fused-ring (bicyclic) bond motifs is 1. The topological polar surface area (TPSA) is 40.5 Å². The van der Waals surface area contributed by atoms with Crippen molar-refractivity contribution >= 4 is 0 Å². The largest absolute Gasteiger partial charge is 0.426 e. The summed E-state index contributed by atoms with van der Waals surface area (Å²) in [7, 11) is 0. The van der Waals surface area contributed by atoms with E-state index in [9.17, 15) is 36.6 Å². The van der Waals surface area contributed by atoms with Crippen LogP contribution in [0.5, 0.6) is 0 Å². The molecule has 0 aromatic rings. The average molecular weight is 509 g/mol. The second kappa shape index (κ2) is 10.2. The molecule has 0 aromatic heterocycles. The predicted molar refractivity (Wildman–Crippen MR) is 123 cm³/mol. The Labute approximate surface area is 204 Å². The van der Waals surface area contributed by atoms with E-state index in [1.54, 1.807) is 0 Å². The second-order valence-electron chi connectivity index (χ2n) is 11.3. The van der Waals surface area contributed by atoms with Crippen LogP contribution in [0.3, 0.4) is 0 Å². The lowest BCUT2D eigenvalue weighted by Crippen LogP contribution is -2.56. The summed E-state index contributed by atoms with van der Waals surface area (Å²) in [6.07, 6.45) is -2.17. The Bertz CT molecular complexity index is 826. The van der Waals surface area contributed by atoms with Gasteiger partial charge in [0.05, 0.1) is 6.10 Å². The minimum Gasteiger partial charge on any atom is -0.393 e. The maximum atomic E-state index is 13.0. The Morgan fingerprint density at radius 2 is 1.71 bits per heavy atom. The normalized spacial score (nSPS) is 33.9. The van der Waals surface area contributed by atoms with Crippen LogP contribution in [-0.2, 0) is 0 Å². The predicted octanol–water partition coefficient (Wildman–Crippen LogP) is 7.82. The van der Waals surface area contributed by atoms with Gasteiger partial charge in [0.1, 0.15) is 0 Å². The molecule has 3 aliphatic carbocycles. The molecule has 200 valence electrons. The first-order valence-corrected chi connectivity index (χ1v) is 12.7. The highest BCUT2D eigenvalue weighted by Crippen LogP contribution is 2.60. The Hall–Kier alpha value is -1.28. The highest BCUT2D eigenvalue weighted by Gasteiger charge is 2.69. The lowest BCUT2D eigenvalue weighted by Gasteiger charge is -2.44. The van der Waals surface area contributed by atoms with Crippen molar-refractivity contribution in [2.75, 3.05) is 0 Å². The first-order chi connectivity index (χ1) is 16.1. The molecule has 8 heteroatoms. The van der Waals surface area contributed by atoms with Crippen LogP contribution in [0.1, 0.15) is 84.5 Å². The summed E-state index contributed by atoms with van der Waals surface area (Å²) >= 11 is 0. The molecule has 2 N–H and O–H groups in total. The van der Waals surface area contributed by atoms with Crippen molar-refractivity contribution in [3.8, 4) is 0 Å². The number of alkyl halides is 6. The average Bonchev–Trinajstić information content (AvgIpc) is 3.10. The SMILES string of the molecule is C=C1CC[C@H](O)C/C1=C/C=C1\CCCC2(C)C(C(C)CCCC(O)(C(F)(F)F)C(F)(F)F)CC[C@@H]12. The molecule has 3 rings (SSSR count). The minimum atomic E-state index is -5.75. The number of rotatable bonds is 6. The number of hydrogen-bond acceptors (Lipinski definition) is 2. The quantitative estimate of drug-likeness (QED) is 0.359. The molecule has 3 aliphatic rings. The van der Waals surface area contributed by atoms with E-state index in [2.05, 4.69) is 25.7 Å². The smallest absolute Gasteiger partial charge is 0.393 e. The van der Waals surface area contributed by atoms with Gasteiger partial charge in [-0.1, -0.05) is 50.1 Å². The molecule has 5 atom stereocenters. The molecule has 0 aliphatic heterocycles. The van der Waals surface area contributed by atoms with Crippen molar-refractivity contribution < 1.29 is 36.6 Å². The Morgan fingerprint density at radius 3 is 2.34 bits per heavy atom. The molecule has 2 nitrogen and oxygen atoms in total. The van der Waals surface area contributed by atoms with Gasteiger partial charge in [0.2, 0.25) is 0 Å². The van der Waals surface area contributed by atoms with Gasteiger partial charge in [-0.05, 0) is 93.0 Å². The summed E-state index contributed by atoms with van der Waals surface area (Å²) in [4.78, 5) is 0. The first kappa shape index (κ1) is 28.3. The first-order valence-electron chi connectivity index (χ1n) is 12.7. The Kier molecular flexibility index (Phi) is 8.27. The molecule has 3 fully saturated rings. The molecule has 0 aromatic carbocycles. The van der Waals surface area contributed by atoms with Crippen molar-refractivity contribution in [3.63, 3.8) is 0 Å². The van der Waals surface area contributed by atoms with E-state index < -0.39 is 24.4 Å². The van der Waals surface area contributed by atoms with E-state index in [0.717, 1.165) is 56.1 Å². The molecule has 0 amide bonds. The van der Waals surface area contributed by atoms with Crippen molar-refractivity contribution in [1.82, 2.24) is 0 Å². The van der Waals surface area contributed by atoms with E-state index in [0.29, 0.717) is 12.3 Å². The van der Waals surface area contributed by atoms with E-state index in [1.165, 1.54) is 5.57 Å². The third kappa shape index (κ3) is 5.68. The van der Waals surface area contributed by atoms with Crippen LogP contribution < -0.4 is 0 Å². The molecular weight excluding hydrogens is 470 g/mol. The van der Waals surface area contributed by atoms with E-state index in [1.807, 2.05) is 6.92 Å². The third-order valence-corrected chi connectivity index (χ3v) is 9.05. The number of aliphatic hydroxyl groups excluding tert-OH is 1. The monoisotopic (exact) mass is 508 g/mol. The van der Waals surface area contributed by atoms with Gasteiger partial charge >= 0.3 is 12.4 Å². The molecule has 0 radical (unpaired) electrons. The standard InChI is InChI=1S/C27H38F6O2/c1-17-8-11-21(34)16-20(17)10-9-19-7-5-14-24(3)22(12-13-23(19)24)18(2)6-4-15-25(35,26(28,29)30)27(31,32)33/h9-10,18,21-23,34-35H,1,4-8,11-16H2,2-3H3/b19-9+,20-10-/t18?,21-,22?,23-,24?/m0/s1. The van der Waals surface area contributed by atoms with Gasteiger partial charge in [-0.25, -0.2) is 0 Å². The molecule has 3 saturated carbocycles. The van der Waals surface area contributed by atoms with Gasteiger partial charge in [0.15, 0.2) is 0 Å². The zero-order valence-electron chi connectivity index (χ0n) is 20.6. The van der Waals surface area contributed by atoms with Crippen LogP contribution >= 0.6 is 0 Å². The Morgan fingerprint density at radius 1 is 1.06 bits per heavy atom. The van der Waals surface area contributed by atoms with Crippen LogP contribution in [-0.4, -0.2) is 34.3 Å². The highest BCUT2D eigenvalue weighted by atomic mass is 19.4. The number of allylic oxidation sites excluding steroid dienone is 4. The van der Waals surface area contributed by atoms with E-state index >= 15 is 0 Å². The fourth-order valence-corrected chi connectivity index (χ4v) is 6.93. The maximum Gasteiger partial charge on any atom is 0.426 e. The number of aliphatic hydroxyl groups is 2. The molecular formula is C27H38F6O2. The molecule has 0 bridgehead atoms. The van der Waals surface area contributed by atoms with Gasteiger partial charge in [0, 0.05) is 0 Å². The third-order valence-electron chi connectivity index (χ3n) is 9.05. The van der Waals surface area contributed by atoms with Crippen LogP contribution in [0, 0.1) is 23.2 Å². The lowest BCUT2D eigenvalue weighted by molar-refractivity contribution is -0.370. The molecule has 0 heterocycles. The van der Waals surface area contributed by atoms with Crippen molar-refractivity contribution in [3.05, 3.63) is 35.5 Å². The zero-order valence-corrected chi connectivity index (χ0v) is 20.6. The van der Waals surface area contributed by atoms with Gasteiger partial charge in [0.25, 0.3) is 5.60 Å². The van der Waals surface area contributed by atoms with Crippen molar-refractivity contribution in [2.45, 2.75) is 109 Å². The summed E-state index contributed by atoms with van der Waals surface area (Å²) in [5.41, 5.74) is -1.23. The maximum absolute atomic E-state index is 13.0. The fourth-order valence-electron chi connectivity index (χ4n) is 6.93. The van der Waals surface area contributed by atoms with Gasteiger partial charge in [-0.3, -0.25) is 0 Å². The van der Waals surface area contributed by atoms with E-state index in [4.69, 9.17) is 0 Å². The summed E-state index contributed by atoms with van der Waals surface area (Å²) < 4.78 is 78.0. The van der Waals surface area contributed by atoms with Crippen LogP contribution in [0.4, 0.5) is 26.3 Å². The summed E-state index contributed by atoms with van der Waals surface area (Å²) in [5, 5.41) is 19.4. The molecule has 0 spiro atoms. The lowest BCUT2D eigenvalue weighted by atomic mass is 9.60. The summed E-state index contributed by atoms with van der Waals surface area (Å²) in [6.45, 7) is 8.26. The summed E-state index contributed by atoms with van der Waals surface area (Å²) in [6, 6.07) is 0. The minimum absolute atomic E-state index is 0.0401. The molecule has 0 saturated heterocycles. The zero-order chi connectivity index (χ0) is 26.2. The second-order valence-corrected chi connectivity index (χ2v) is 11.3. The van der Waals surface area contributed by atoms with Gasteiger partial charge in [-0.15, -0.1) is 0 Å². The van der Waals surface area contributed by atoms with Crippen molar-refractivity contribution in [1.29, 1.82) is 0 Å². The summed E-state index contributed by atoms with van der Waals surface area (Å²) in [5.74, 6) is 0.506. The van der Waals surface area contributed by atoms with E-state index in [-0.39, 0.29) is 36.2 Å². The van der Waals surface area contributed by atoms with Gasteiger partial charge < -0.3 is 10.2 Å². The molecule has 3 unspecified atom stereocenters. The van der Waals surface area contributed by atoms with Gasteiger partial charge in [-0.2, -0.15) is 26.3 Å². The molecule has 35 heavy (non-hydrogen) atoms. The van der Waals surface area contributed by atoms with Crippen LogP contribution in [0.25, 0.3) is 0 Å². The fraction of sp³-hybridized carbons (Fsp3) is 0.778. The van der Waals surface area contributed by atoms with Crippen LogP contribution in [0.2, 0.25) is 0 Å². The van der Waals surface area contributed by atoms with Crippen molar-refractivity contribution in [2.24, 2.45) is 23.2 Å². The number of halogens is 6. The van der Waals surface area contributed by atoms with Crippen LogP contribution in [0.15, 0.2) is 35.5 Å².